The molecule has 0 aliphatic carbocycles. The molecule has 120 valence electrons. The molecule has 5 rings (SSSR count). The summed E-state index contributed by atoms with van der Waals surface area (Å²) in [6.07, 6.45) is 6.74. The molecule has 0 atom stereocenters. The minimum atomic E-state index is 0.146. The van der Waals surface area contributed by atoms with Crippen LogP contribution in [-0.2, 0) is 0 Å². The van der Waals surface area contributed by atoms with Gasteiger partial charge >= 0.3 is 0 Å². The summed E-state index contributed by atoms with van der Waals surface area (Å²) in [6, 6.07) is 11.7. The minimum absolute atomic E-state index is 0.146. The molecule has 0 spiro atoms. The largest absolute Gasteiger partial charge is 0.506 e. The molecule has 4 aromatic heterocycles. The van der Waals surface area contributed by atoms with E-state index in [9.17, 15) is 5.11 Å². The van der Waals surface area contributed by atoms with Gasteiger partial charge in [-0.1, -0.05) is 6.07 Å². The first-order valence-electron chi connectivity index (χ1n) is 7.83. The maximum Gasteiger partial charge on any atom is 0.134 e. The van der Waals surface area contributed by atoms with Crippen LogP contribution in [0.15, 0.2) is 61.2 Å². The lowest BCUT2D eigenvalue weighted by atomic mass is 10.0. The second-order valence-electron chi connectivity index (χ2n) is 5.91. The van der Waals surface area contributed by atoms with Gasteiger partial charge in [-0.3, -0.25) is 15.1 Å². The number of pyridine rings is 2. The van der Waals surface area contributed by atoms with Crippen LogP contribution < -0.4 is 0 Å². The zero-order chi connectivity index (χ0) is 16.8. The Kier molecular flexibility index (Phi) is 2.84. The van der Waals surface area contributed by atoms with Gasteiger partial charge in [-0.05, 0) is 35.9 Å². The first-order chi connectivity index (χ1) is 12.3. The number of aromatic hydroxyl groups is 1. The lowest BCUT2D eigenvalue weighted by Gasteiger charge is -2.02. The monoisotopic (exact) mass is 327 g/mol. The Morgan fingerprint density at radius 2 is 1.80 bits per heavy atom. The van der Waals surface area contributed by atoms with Crippen LogP contribution in [0.5, 0.6) is 5.75 Å². The Hall–Kier alpha value is -3.67. The van der Waals surface area contributed by atoms with E-state index < -0.39 is 0 Å². The summed E-state index contributed by atoms with van der Waals surface area (Å²) < 4.78 is 0. The van der Waals surface area contributed by atoms with Gasteiger partial charge in [0.15, 0.2) is 0 Å². The molecule has 0 fully saturated rings. The van der Waals surface area contributed by atoms with E-state index in [1.807, 2.05) is 36.5 Å². The van der Waals surface area contributed by atoms with Crippen LogP contribution in [0.4, 0.5) is 0 Å². The van der Waals surface area contributed by atoms with Gasteiger partial charge in [-0.2, -0.15) is 5.10 Å². The normalized spacial score (nSPS) is 11.4. The van der Waals surface area contributed by atoms with Gasteiger partial charge in [0.2, 0.25) is 0 Å². The molecule has 0 radical (unpaired) electrons. The van der Waals surface area contributed by atoms with Crippen LogP contribution in [0.1, 0.15) is 0 Å². The van der Waals surface area contributed by atoms with Crippen molar-refractivity contribution >= 4 is 21.8 Å². The fourth-order valence-electron chi connectivity index (χ4n) is 3.08. The molecule has 25 heavy (non-hydrogen) atoms. The SMILES string of the molecule is Oc1cncc(-c2ccc3[nH]nc(-c4cc5cnccc5[nH]4)c3c2)c1. The molecule has 0 aliphatic rings. The van der Waals surface area contributed by atoms with Crippen LogP contribution in [0.25, 0.3) is 44.3 Å². The summed E-state index contributed by atoms with van der Waals surface area (Å²) in [5, 5.41) is 19.3. The number of hydrogen-bond donors (Lipinski definition) is 3. The Morgan fingerprint density at radius 3 is 2.68 bits per heavy atom. The fourth-order valence-corrected chi connectivity index (χ4v) is 3.08. The molecular weight excluding hydrogens is 314 g/mol. The Morgan fingerprint density at radius 1 is 0.840 bits per heavy atom. The van der Waals surface area contributed by atoms with Gasteiger partial charge in [-0.15, -0.1) is 0 Å². The molecule has 0 unspecified atom stereocenters. The lowest BCUT2D eigenvalue weighted by molar-refractivity contribution is 0.473. The van der Waals surface area contributed by atoms with E-state index in [2.05, 4.69) is 25.1 Å². The zero-order valence-corrected chi connectivity index (χ0v) is 13.1. The Balaban J connectivity index is 1.70. The van der Waals surface area contributed by atoms with Crippen molar-refractivity contribution in [2.45, 2.75) is 0 Å². The van der Waals surface area contributed by atoms with Crippen LogP contribution in [0, 0.1) is 0 Å². The van der Waals surface area contributed by atoms with E-state index in [-0.39, 0.29) is 5.75 Å². The lowest BCUT2D eigenvalue weighted by Crippen LogP contribution is -1.82. The van der Waals surface area contributed by atoms with E-state index in [1.165, 1.54) is 6.20 Å². The second-order valence-corrected chi connectivity index (χ2v) is 5.91. The van der Waals surface area contributed by atoms with Gasteiger partial charge < -0.3 is 10.1 Å². The van der Waals surface area contributed by atoms with Gasteiger partial charge in [0, 0.05) is 40.4 Å². The molecule has 6 nitrogen and oxygen atoms in total. The van der Waals surface area contributed by atoms with Crippen molar-refractivity contribution in [1.82, 2.24) is 25.1 Å². The number of nitrogens with zero attached hydrogens (tertiary/aromatic N) is 3. The van der Waals surface area contributed by atoms with Crippen molar-refractivity contribution in [1.29, 1.82) is 0 Å². The molecule has 0 aliphatic heterocycles. The third-order valence-corrected chi connectivity index (χ3v) is 4.30. The molecule has 6 heteroatoms. The summed E-state index contributed by atoms with van der Waals surface area (Å²) in [4.78, 5) is 11.6. The maximum atomic E-state index is 9.67. The minimum Gasteiger partial charge on any atom is -0.506 e. The predicted octanol–water partition coefficient (Wildman–Crippen LogP) is 3.87. The standard InChI is InChI=1S/C19H13N5O/c25-14-5-12(8-21-10-14)11-1-2-17-15(6-11)19(24-23-17)18-7-13-9-20-4-3-16(13)22-18/h1-10,22,25H,(H,23,24). The first-order valence-corrected chi connectivity index (χ1v) is 7.83. The number of benzene rings is 1. The van der Waals surface area contributed by atoms with Crippen molar-refractivity contribution in [2.75, 3.05) is 0 Å². The highest BCUT2D eigenvalue weighted by molar-refractivity contribution is 5.97. The maximum absolute atomic E-state index is 9.67. The van der Waals surface area contributed by atoms with Crippen molar-refractivity contribution in [3.63, 3.8) is 0 Å². The van der Waals surface area contributed by atoms with Crippen LogP contribution in [0.2, 0.25) is 0 Å². The zero-order valence-electron chi connectivity index (χ0n) is 13.1. The molecular formula is C19H13N5O. The van der Waals surface area contributed by atoms with Crippen molar-refractivity contribution in [2.24, 2.45) is 0 Å². The quantitative estimate of drug-likeness (QED) is 0.459. The smallest absolute Gasteiger partial charge is 0.134 e. The topological polar surface area (TPSA) is 90.5 Å². The summed E-state index contributed by atoms with van der Waals surface area (Å²) in [6.45, 7) is 0. The van der Waals surface area contributed by atoms with E-state index in [4.69, 9.17) is 0 Å². The molecule has 0 saturated carbocycles. The molecule has 1 aromatic carbocycles. The van der Waals surface area contributed by atoms with Gasteiger partial charge in [0.25, 0.3) is 0 Å². The Bertz CT molecular complexity index is 1190. The molecule has 4 heterocycles. The first kappa shape index (κ1) is 13.7. The van der Waals surface area contributed by atoms with Gasteiger partial charge in [-0.25, -0.2) is 0 Å². The summed E-state index contributed by atoms with van der Waals surface area (Å²) in [5.74, 6) is 0.146. The number of hydrogen-bond acceptors (Lipinski definition) is 4. The molecule has 5 aromatic rings. The van der Waals surface area contributed by atoms with E-state index in [0.29, 0.717) is 0 Å². The number of H-pyrrole nitrogens is 2. The fraction of sp³-hybridized carbons (Fsp3) is 0. The molecule has 0 bridgehead atoms. The summed E-state index contributed by atoms with van der Waals surface area (Å²) >= 11 is 0. The van der Waals surface area contributed by atoms with E-state index >= 15 is 0 Å². The third kappa shape index (κ3) is 2.23. The van der Waals surface area contributed by atoms with E-state index in [0.717, 1.165) is 44.3 Å². The number of aromatic nitrogens is 5. The summed E-state index contributed by atoms with van der Waals surface area (Å²) in [5.41, 5.74) is 5.57. The summed E-state index contributed by atoms with van der Waals surface area (Å²) in [7, 11) is 0. The molecule has 0 saturated heterocycles. The number of fused-ring (bicyclic) bond motifs is 2. The van der Waals surface area contributed by atoms with Crippen molar-refractivity contribution in [3.8, 4) is 28.3 Å². The highest BCUT2D eigenvalue weighted by atomic mass is 16.3. The average Bonchev–Trinajstić information content (AvgIpc) is 3.24. The van der Waals surface area contributed by atoms with Crippen LogP contribution in [0.3, 0.4) is 0 Å². The number of rotatable bonds is 2. The van der Waals surface area contributed by atoms with E-state index in [1.54, 1.807) is 18.5 Å². The van der Waals surface area contributed by atoms with Gasteiger partial charge in [0.1, 0.15) is 11.4 Å². The van der Waals surface area contributed by atoms with Crippen molar-refractivity contribution in [3.05, 3.63) is 61.2 Å². The highest BCUT2D eigenvalue weighted by Crippen LogP contribution is 2.32. The number of aromatic amines is 2. The Labute approximate surface area is 142 Å². The third-order valence-electron chi connectivity index (χ3n) is 4.30. The second kappa shape index (κ2) is 5.17. The van der Waals surface area contributed by atoms with Gasteiger partial charge in [0.05, 0.1) is 17.4 Å². The predicted molar refractivity (Wildman–Crippen MR) is 96.1 cm³/mol. The highest BCUT2D eigenvalue weighted by Gasteiger charge is 2.12. The van der Waals surface area contributed by atoms with Crippen LogP contribution in [-0.4, -0.2) is 30.3 Å². The molecule has 3 N–H and O–H groups in total. The number of nitrogens with one attached hydrogen (secondary N) is 2. The van der Waals surface area contributed by atoms with Crippen molar-refractivity contribution < 1.29 is 5.11 Å². The average molecular weight is 327 g/mol. The molecule has 0 amide bonds. The van der Waals surface area contributed by atoms with Crippen LogP contribution >= 0.6 is 0 Å².